The number of hydrogen-bond acceptors (Lipinski definition) is 2. The fraction of sp³-hybridized carbons (Fsp3) is 0.529. The Labute approximate surface area is 129 Å². The molecule has 4 nitrogen and oxygen atoms in total. The molecule has 22 heavy (non-hydrogen) atoms. The van der Waals surface area contributed by atoms with Gasteiger partial charge in [-0.3, -0.25) is 4.79 Å². The summed E-state index contributed by atoms with van der Waals surface area (Å²) in [6.45, 7) is 1.74. The van der Waals surface area contributed by atoms with Crippen LogP contribution in [-0.2, 0) is 4.79 Å². The SMILES string of the molecule is Cc1cc(F)cc(N2C(=O)NC(C3CCCCCC3)C2=O)c1. The number of carbonyl (C=O) groups excluding carboxylic acids is 2. The zero-order valence-electron chi connectivity index (χ0n) is 12.8. The van der Waals surface area contributed by atoms with Gasteiger partial charge in [-0.15, -0.1) is 0 Å². The number of anilines is 1. The van der Waals surface area contributed by atoms with Crippen LogP contribution in [-0.4, -0.2) is 18.0 Å². The van der Waals surface area contributed by atoms with Crippen LogP contribution in [0, 0.1) is 18.7 Å². The molecular formula is C17H21FN2O2. The first-order valence-electron chi connectivity index (χ1n) is 7.98. The van der Waals surface area contributed by atoms with Crippen LogP contribution in [0.2, 0.25) is 0 Å². The standard InChI is InChI=1S/C17H21FN2O2/c1-11-8-13(18)10-14(9-11)20-16(21)15(19-17(20)22)12-6-4-2-3-5-7-12/h8-10,12,15H,2-7H2,1H3,(H,19,22). The minimum absolute atomic E-state index is 0.193. The number of carbonyl (C=O) groups is 2. The topological polar surface area (TPSA) is 49.4 Å². The van der Waals surface area contributed by atoms with Crippen LogP contribution in [0.25, 0.3) is 0 Å². The Balaban J connectivity index is 1.84. The highest BCUT2D eigenvalue weighted by atomic mass is 19.1. The first kappa shape index (κ1) is 15.0. The lowest BCUT2D eigenvalue weighted by atomic mass is 9.92. The lowest BCUT2D eigenvalue weighted by Crippen LogP contribution is -2.37. The first-order chi connectivity index (χ1) is 10.6. The number of hydrogen-bond donors (Lipinski definition) is 1. The summed E-state index contributed by atoms with van der Waals surface area (Å²) in [5.41, 5.74) is 1.00. The Hall–Kier alpha value is -1.91. The summed E-state index contributed by atoms with van der Waals surface area (Å²) < 4.78 is 13.6. The fourth-order valence-electron chi connectivity index (χ4n) is 3.55. The van der Waals surface area contributed by atoms with Crippen molar-refractivity contribution in [1.29, 1.82) is 0 Å². The van der Waals surface area contributed by atoms with E-state index in [1.807, 2.05) is 0 Å². The molecule has 3 amide bonds. The summed E-state index contributed by atoms with van der Waals surface area (Å²) in [5.74, 6) is -0.492. The van der Waals surface area contributed by atoms with E-state index in [0.717, 1.165) is 30.6 Å². The third-order valence-electron chi connectivity index (χ3n) is 4.62. The minimum atomic E-state index is -0.464. The normalized spacial score (nSPS) is 23.5. The van der Waals surface area contributed by atoms with E-state index in [4.69, 9.17) is 0 Å². The number of imide groups is 1. The van der Waals surface area contributed by atoms with Crippen LogP contribution < -0.4 is 10.2 Å². The molecular weight excluding hydrogens is 283 g/mol. The van der Waals surface area contributed by atoms with E-state index in [-0.39, 0.29) is 11.8 Å². The third kappa shape index (κ3) is 2.85. The van der Waals surface area contributed by atoms with Crippen LogP contribution in [0.5, 0.6) is 0 Å². The molecule has 1 saturated heterocycles. The number of aryl methyl sites for hydroxylation is 1. The molecule has 1 aliphatic carbocycles. The van der Waals surface area contributed by atoms with Gasteiger partial charge in [-0.1, -0.05) is 25.7 Å². The van der Waals surface area contributed by atoms with Gasteiger partial charge in [-0.05, 0) is 49.4 Å². The maximum absolute atomic E-state index is 13.6. The van der Waals surface area contributed by atoms with Crippen molar-refractivity contribution in [2.75, 3.05) is 4.90 Å². The van der Waals surface area contributed by atoms with Gasteiger partial charge in [0.1, 0.15) is 11.9 Å². The zero-order valence-corrected chi connectivity index (χ0v) is 12.8. The van der Waals surface area contributed by atoms with Gasteiger partial charge in [0.25, 0.3) is 5.91 Å². The lowest BCUT2D eigenvalue weighted by molar-refractivity contribution is -0.119. The monoisotopic (exact) mass is 304 g/mol. The summed E-state index contributed by atoms with van der Waals surface area (Å²) in [7, 11) is 0. The van der Waals surface area contributed by atoms with Gasteiger partial charge in [0.15, 0.2) is 0 Å². The quantitative estimate of drug-likeness (QED) is 0.671. The van der Waals surface area contributed by atoms with Crippen molar-refractivity contribution in [1.82, 2.24) is 5.32 Å². The number of benzene rings is 1. The van der Waals surface area contributed by atoms with Crippen molar-refractivity contribution < 1.29 is 14.0 Å². The largest absolute Gasteiger partial charge is 0.329 e. The Morgan fingerprint density at radius 1 is 1.09 bits per heavy atom. The van der Waals surface area contributed by atoms with Crippen molar-refractivity contribution in [2.24, 2.45) is 5.92 Å². The van der Waals surface area contributed by atoms with Gasteiger partial charge in [0.2, 0.25) is 0 Å². The molecule has 2 fully saturated rings. The van der Waals surface area contributed by atoms with E-state index in [0.29, 0.717) is 11.3 Å². The van der Waals surface area contributed by atoms with E-state index in [2.05, 4.69) is 5.32 Å². The van der Waals surface area contributed by atoms with Crippen molar-refractivity contribution in [2.45, 2.75) is 51.5 Å². The Kier molecular flexibility index (Phi) is 4.14. The second-order valence-corrected chi connectivity index (χ2v) is 6.34. The molecule has 1 saturated carbocycles. The smallest absolute Gasteiger partial charge is 0.325 e. The molecule has 1 aromatic rings. The third-order valence-corrected chi connectivity index (χ3v) is 4.62. The highest BCUT2D eigenvalue weighted by molar-refractivity contribution is 6.21. The molecule has 3 rings (SSSR count). The molecule has 0 bridgehead atoms. The maximum atomic E-state index is 13.6. The molecule has 2 aliphatic rings. The molecule has 1 aromatic carbocycles. The van der Waals surface area contributed by atoms with Crippen LogP contribution in [0.3, 0.4) is 0 Å². The van der Waals surface area contributed by atoms with Crippen molar-refractivity contribution >= 4 is 17.6 Å². The van der Waals surface area contributed by atoms with Crippen molar-refractivity contribution in [3.63, 3.8) is 0 Å². The Morgan fingerprint density at radius 3 is 2.41 bits per heavy atom. The van der Waals surface area contributed by atoms with E-state index in [1.54, 1.807) is 13.0 Å². The number of nitrogens with one attached hydrogen (secondary N) is 1. The molecule has 0 spiro atoms. The van der Waals surface area contributed by atoms with E-state index in [9.17, 15) is 14.0 Å². The summed E-state index contributed by atoms with van der Waals surface area (Å²) in [6, 6.07) is 3.37. The summed E-state index contributed by atoms with van der Waals surface area (Å²) in [4.78, 5) is 26.0. The van der Waals surface area contributed by atoms with Gasteiger partial charge in [0, 0.05) is 0 Å². The molecule has 1 unspecified atom stereocenters. The van der Waals surface area contributed by atoms with Gasteiger partial charge in [-0.2, -0.15) is 0 Å². The average Bonchev–Trinajstić information content (AvgIpc) is 2.65. The van der Waals surface area contributed by atoms with Gasteiger partial charge in [-0.25, -0.2) is 14.1 Å². The summed E-state index contributed by atoms with van der Waals surface area (Å²) in [6.07, 6.45) is 6.52. The van der Waals surface area contributed by atoms with Gasteiger partial charge >= 0.3 is 6.03 Å². The molecule has 1 N–H and O–H groups in total. The van der Waals surface area contributed by atoms with Crippen LogP contribution in [0.4, 0.5) is 14.9 Å². The predicted octanol–water partition coefficient (Wildman–Crippen LogP) is 3.53. The molecule has 0 aromatic heterocycles. The van der Waals surface area contributed by atoms with Crippen molar-refractivity contribution in [3.8, 4) is 0 Å². The van der Waals surface area contributed by atoms with Crippen molar-refractivity contribution in [3.05, 3.63) is 29.6 Å². The van der Waals surface area contributed by atoms with E-state index >= 15 is 0 Å². The highest BCUT2D eigenvalue weighted by Gasteiger charge is 2.43. The van der Waals surface area contributed by atoms with Crippen LogP contribution >= 0.6 is 0 Å². The fourth-order valence-corrected chi connectivity index (χ4v) is 3.55. The summed E-state index contributed by atoms with van der Waals surface area (Å²) >= 11 is 0. The Morgan fingerprint density at radius 2 is 1.77 bits per heavy atom. The maximum Gasteiger partial charge on any atom is 0.329 e. The highest BCUT2D eigenvalue weighted by Crippen LogP contribution is 2.30. The summed E-state index contributed by atoms with van der Waals surface area (Å²) in [5, 5.41) is 2.80. The minimum Gasteiger partial charge on any atom is -0.325 e. The van der Waals surface area contributed by atoms with Crippen LogP contribution in [0.15, 0.2) is 18.2 Å². The van der Waals surface area contributed by atoms with Gasteiger partial charge < -0.3 is 5.32 Å². The first-order valence-corrected chi connectivity index (χ1v) is 7.98. The molecule has 1 atom stereocenters. The zero-order chi connectivity index (χ0) is 15.7. The second kappa shape index (κ2) is 6.07. The molecule has 0 radical (unpaired) electrons. The van der Waals surface area contributed by atoms with Crippen LogP contribution in [0.1, 0.15) is 44.1 Å². The number of amides is 3. The van der Waals surface area contributed by atoms with E-state index < -0.39 is 17.9 Å². The number of halogens is 1. The van der Waals surface area contributed by atoms with Gasteiger partial charge in [0.05, 0.1) is 5.69 Å². The number of rotatable bonds is 2. The molecule has 1 heterocycles. The Bertz CT molecular complexity index is 574. The molecule has 1 aliphatic heterocycles. The molecule has 118 valence electrons. The predicted molar refractivity (Wildman–Crippen MR) is 82.1 cm³/mol. The lowest BCUT2D eigenvalue weighted by Gasteiger charge is -2.20. The second-order valence-electron chi connectivity index (χ2n) is 6.34. The average molecular weight is 304 g/mol. The molecule has 5 heteroatoms. The number of nitrogens with zero attached hydrogens (tertiary/aromatic N) is 1. The number of urea groups is 1. The van der Waals surface area contributed by atoms with E-state index in [1.165, 1.54) is 25.0 Å².